The summed E-state index contributed by atoms with van der Waals surface area (Å²) >= 11 is 0. The zero-order valence-electron chi connectivity index (χ0n) is 11.1. The molecule has 1 saturated heterocycles. The molecule has 0 radical (unpaired) electrons. The number of hydrogen-bond acceptors (Lipinski definition) is 4. The topological polar surface area (TPSA) is 71.1 Å². The van der Waals surface area contributed by atoms with E-state index >= 15 is 0 Å². The molecule has 110 valence electrons. The van der Waals surface area contributed by atoms with Gasteiger partial charge < -0.3 is 20.6 Å². The molecule has 2 rings (SSSR count). The maximum absolute atomic E-state index is 14.1. The lowest BCUT2D eigenvalue weighted by atomic mass is 10.1. The standard InChI is InChI=1S/C13H17F2N3O2/c1-18(9-2-4-20-5-3-9)12-10(14)6-8(7-11(12)15)13(16)17-19/h6-7,9,19H,2-5H2,1H3,(H2,16,17). The monoisotopic (exact) mass is 285 g/mol. The highest BCUT2D eigenvalue weighted by Gasteiger charge is 2.24. The molecule has 1 aromatic rings. The van der Waals surface area contributed by atoms with Gasteiger partial charge in [-0.25, -0.2) is 8.78 Å². The minimum absolute atomic E-state index is 0.00614. The Labute approximate surface area is 115 Å². The fourth-order valence-corrected chi connectivity index (χ4v) is 2.36. The van der Waals surface area contributed by atoms with E-state index in [9.17, 15) is 8.78 Å². The number of hydrogen-bond donors (Lipinski definition) is 2. The minimum Gasteiger partial charge on any atom is -0.409 e. The van der Waals surface area contributed by atoms with Gasteiger partial charge in [0, 0.05) is 31.9 Å². The molecule has 0 spiro atoms. The number of halogens is 2. The summed E-state index contributed by atoms with van der Waals surface area (Å²) in [7, 11) is 1.65. The predicted molar refractivity (Wildman–Crippen MR) is 71.1 cm³/mol. The fraction of sp³-hybridized carbons (Fsp3) is 0.462. The third-order valence-electron chi connectivity index (χ3n) is 3.51. The number of amidine groups is 1. The summed E-state index contributed by atoms with van der Waals surface area (Å²) in [5.74, 6) is -1.80. The van der Waals surface area contributed by atoms with Crippen LogP contribution in [0.2, 0.25) is 0 Å². The lowest BCUT2D eigenvalue weighted by Crippen LogP contribution is -2.37. The van der Waals surface area contributed by atoms with E-state index in [1.165, 1.54) is 0 Å². The lowest BCUT2D eigenvalue weighted by Gasteiger charge is -2.33. The number of nitrogens with zero attached hydrogens (tertiary/aromatic N) is 2. The Morgan fingerprint density at radius 3 is 2.40 bits per heavy atom. The normalized spacial score (nSPS) is 17.2. The van der Waals surface area contributed by atoms with Crippen molar-refractivity contribution in [3.63, 3.8) is 0 Å². The Balaban J connectivity index is 2.32. The Bertz CT molecular complexity index is 493. The van der Waals surface area contributed by atoms with Crippen LogP contribution in [0.4, 0.5) is 14.5 Å². The number of anilines is 1. The Morgan fingerprint density at radius 1 is 1.35 bits per heavy atom. The molecule has 1 aliphatic heterocycles. The van der Waals surface area contributed by atoms with Crippen LogP contribution in [0.25, 0.3) is 0 Å². The quantitative estimate of drug-likeness (QED) is 0.383. The third kappa shape index (κ3) is 2.82. The van der Waals surface area contributed by atoms with Crippen LogP contribution in [-0.2, 0) is 4.74 Å². The molecule has 0 atom stereocenters. The highest BCUT2D eigenvalue weighted by molar-refractivity contribution is 5.97. The summed E-state index contributed by atoms with van der Waals surface area (Å²) in [6.45, 7) is 1.17. The van der Waals surface area contributed by atoms with Gasteiger partial charge in [0.1, 0.15) is 17.3 Å². The fourth-order valence-electron chi connectivity index (χ4n) is 2.36. The van der Waals surface area contributed by atoms with Gasteiger partial charge in [-0.15, -0.1) is 0 Å². The molecule has 0 unspecified atom stereocenters. The lowest BCUT2D eigenvalue weighted by molar-refractivity contribution is 0.0852. The van der Waals surface area contributed by atoms with Crippen molar-refractivity contribution in [1.29, 1.82) is 0 Å². The van der Waals surface area contributed by atoms with Crippen LogP contribution in [-0.4, -0.2) is 37.3 Å². The zero-order valence-corrected chi connectivity index (χ0v) is 11.1. The number of rotatable bonds is 3. The molecule has 1 aliphatic rings. The van der Waals surface area contributed by atoms with Gasteiger partial charge in [0.2, 0.25) is 0 Å². The maximum Gasteiger partial charge on any atom is 0.170 e. The van der Waals surface area contributed by atoms with Crippen molar-refractivity contribution in [2.45, 2.75) is 18.9 Å². The van der Waals surface area contributed by atoms with Crippen LogP contribution in [0.1, 0.15) is 18.4 Å². The first kappa shape index (κ1) is 14.5. The molecule has 5 nitrogen and oxygen atoms in total. The van der Waals surface area contributed by atoms with E-state index in [4.69, 9.17) is 15.7 Å². The minimum atomic E-state index is -0.736. The molecule has 0 saturated carbocycles. The average Bonchev–Trinajstić information content (AvgIpc) is 2.46. The Hall–Kier alpha value is -1.89. The van der Waals surface area contributed by atoms with Crippen molar-refractivity contribution in [3.8, 4) is 0 Å². The van der Waals surface area contributed by atoms with Crippen LogP contribution < -0.4 is 10.6 Å². The highest BCUT2D eigenvalue weighted by atomic mass is 19.1. The van der Waals surface area contributed by atoms with Crippen molar-refractivity contribution in [2.75, 3.05) is 25.2 Å². The number of benzene rings is 1. The van der Waals surface area contributed by atoms with Crippen LogP contribution in [0.5, 0.6) is 0 Å². The molecule has 0 amide bonds. The van der Waals surface area contributed by atoms with E-state index in [0.717, 1.165) is 25.0 Å². The van der Waals surface area contributed by atoms with E-state index in [-0.39, 0.29) is 23.1 Å². The summed E-state index contributed by atoms with van der Waals surface area (Å²) in [6, 6.07) is 2.15. The second-order valence-electron chi connectivity index (χ2n) is 4.73. The number of ether oxygens (including phenoxy) is 1. The molecule has 1 aromatic carbocycles. The van der Waals surface area contributed by atoms with Crippen molar-refractivity contribution < 1.29 is 18.7 Å². The van der Waals surface area contributed by atoms with Gasteiger partial charge in [0.05, 0.1) is 0 Å². The van der Waals surface area contributed by atoms with E-state index in [0.29, 0.717) is 13.2 Å². The number of nitrogens with two attached hydrogens (primary N) is 1. The van der Waals surface area contributed by atoms with Gasteiger partial charge in [0.25, 0.3) is 0 Å². The molecule has 0 aromatic heterocycles. The largest absolute Gasteiger partial charge is 0.409 e. The van der Waals surface area contributed by atoms with E-state index in [2.05, 4.69) is 5.16 Å². The molecule has 0 aliphatic carbocycles. The van der Waals surface area contributed by atoms with Crippen molar-refractivity contribution in [2.24, 2.45) is 10.9 Å². The molecule has 1 heterocycles. The maximum atomic E-state index is 14.1. The summed E-state index contributed by atoms with van der Waals surface area (Å²) in [5, 5.41) is 11.3. The summed E-state index contributed by atoms with van der Waals surface area (Å²) < 4.78 is 33.5. The second kappa shape index (κ2) is 6.04. The van der Waals surface area contributed by atoms with Gasteiger partial charge in [-0.1, -0.05) is 5.16 Å². The van der Waals surface area contributed by atoms with Crippen molar-refractivity contribution in [1.82, 2.24) is 0 Å². The van der Waals surface area contributed by atoms with Gasteiger partial charge in [-0.2, -0.15) is 0 Å². The second-order valence-corrected chi connectivity index (χ2v) is 4.73. The van der Waals surface area contributed by atoms with E-state index in [1.807, 2.05) is 0 Å². The van der Waals surface area contributed by atoms with Gasteiger partial charge in [-0.3, -0.25) is 0 Å². The van der Waals surface area contributed by atoms with E-state index in [1.54, 1.807) is 11.9 Å². The highest BCUT2D eigenvalue weighted by Crippen LogP contribution is 2.28. The van der Waals surface area contributed by atoms with Crippen molar-refractivity contribution in [3.05, 3.63) is 29.3 Å². The molecule has 0 bridgehead atoms. The predicted octanol–water partition coefficient (Wildman–Crippen LogP) is 1.67. The SMILES string of the molecule is CN(c1c(F)cc(C(N)=NO)cc1F)C1CCOCC1. The molecule has 1 fully saturated rings. The smallest absolute Gasteiger partial charge is 0.170 e. The van der Waals surface area contributed by atoms with Gasteiger partial charge in [-0.05, 0) is 25.0 Å². The summed E-state index contributed by atoms with van der Waals surface area (Å²) in [5.41, 5.74) is 5.24. The first-order valence-corrected chi connectivity index (χ1v) is 6.32. The Kier molecular flexibility index (Phi) is 4.39. The first-order chi connectivity index (χ1) is 9.54. The van der Waals surface area contributed by atoms with Crippen molar-refractivity contribution >= 4 is 11.5 Å². The zero-order chi connectivity index (χ0) is 14.7. The molecule has 20 heavy (non-hydrogen) atoms. The van der Waals surface area contributed by atoms with Crippen LogP contribution in [0.15, 0.2) is 17.3 Å². The molecule has 3 N–H and O–H groups in total. The average molecular weight is 285 g/mol. The molecular weight excluding hydrogens is 268 g/mol. The van der Waals surface area contributed by atoms with Gasteiger partial charge >= 0.3 is 0 Å². The van der Waals surface area contributed by atoms with Crippen LogP contribution in [0, 0.1) is 11.6 Å². The Morgan fingerprint density at radius 2 is 1.90 bits per heavy atom. The van der Waals surface area contributed by atoms with Crippen LogP contribution >= 0.6 is 0 Å². The van der Waals surface area contributed by atoms with Gasteiger partial charge in [0.15, 0.2) is 5.84 Å². The van der Waals surface area contributed by atoms with Crippen LogP contribution in [0.3, 0.4) is 0 Å². The first-order valence-electron chi connectivity index (χ1n) is 6.32. The molecule has 7 heteroatoms. The number of oxime groups is 1. The summed E-state index contributed by atoms with van der Waals surface area (Å²) in [4.78, 5) is 1.59. The van der Waals surface area contributed by atoms with E-state index < -0.39 is 11.6 Å². The summed E-state index contributed by atoms with van der Waals surface area (Å²) in [6.07, 6.45) is 1.44. The third-order valence-corrected chi connectivity index (χ3v) is 3.51. The molecular formula is C13H17F2N3O2.